The average molecular weight is 275 g/mol. The largest absolute Gasteiger partial charge is 0.338 e. The second-order valence-corrected chi connectivity index (χ2v) is 4.39. The molecule has 1 amide bonds. The number of carbonyl (C=O) groups excluding carboxylic acids is 1. The number of hydrogen-bond acceptors (Lipinski definition) is 2. The summed E-state index contributed by atoms with van der Waals surface area (Å²) in [7, 11) is 0. The van der Waals surface area contributed by atoms with Crippen LogP contribution in [0.5, 0.6) is 0 Å². The highest BCUT2D eigenvalue weighted by atomic mass is 35.5. The van der Waals surface area contributed by atoms with Crippen molar-refractivity contribution >= 4 is 29.9 Å². The summed E-state index contributed by atoms with van der Waals surface area (Å²) in [5, 5.41) is 0.809. The Bertz CT molecular complexity index is 409. The normalized spacial score (nSPS) is 13.9. The van der Waals surface area contributed by atoms with Crippen molar-refractivity contribution in [1.29, 1.82) is 0 Å². The molecule has 3 nitrogen and oxygen atoms in total. The third kappa shape index (κ3) is 3.12. The lowest BCUT2D eigenvalue weighted by molar-refractivity contribution is -0.131. The molecule has 0 atom stereocenters. The fourth-order valence-corrected chi connectivity index (χ4v) is 2.35. The summed E-state index contributed by atoms with van der Waals surface area (Å²) in [6, 6.07) is 5.86. The van der Waals surface area contributed by atoms with Gasteiger partial charge in [-0.15, -0.1) is 12.4 Å². The molecule has 0 aliphatic carbocycles. The van der Waals surface area contributed by atoms with Gasteiger partial charge in [0.1, 0.15) is 0 Å². The Hall–Kier alpha value is -0.770. The summed E-state index contributed by atoms with van der Waals surface area (Å²) < 4.78 is 0. The number of halogens is 2. The first kappa shape index (κ1) is 14.3. The first-order valence-electron chi connectivity index (χ1n) is 5.46. The van der Waals surface area contributed by atoms with E-state index in [1.54, 1.807) is 0 Å². The molecule has 0 aromatic heterocycles. The topological polar surface area (TPSA) is 46.3 Å². The van der Waals surface area contributed by atoms with E-state index >= 15 is 0 Å². The van der Waals surface area contributed by atoms with Crippen LogP contribution in [0.25, 0.3) is 0 Å². The fraction of sp³-hybridized carbons (Fsp3) is 0.417. The Labute approximate surface area is 112 Å². The molecule has 0 saturated heterocycles. The molecule has 0 unspecified atom stereocenters. The molecular weight excluding hydrogens is 259 g/mol. The number of rotatable bonds is 2. The summed E-state index contributed by atoms with van der Waals surface area (Å²) >= 11 is 6.11. The lowest BCUT2D eigenvalue weighted by Crippen LogP contribution is -2.36. The van der Waals surface area contributed by atoms with Crippen molar-refractivity contribution in [3.63, 3.8) is 0 Å². The predicted molar refractivity (Wildman–Crippen MR) is 71.5 cm³/mol. The van der Waals surface area contributed by atoms with E-state index in [1.165, 1.54) is 5.56 Å². The van der Waals surface area contributed by atoms with Gasteiger partial charge in [-0.05, 0) is 23.6 Å². The van der Waals surface area contributed by atoms with Gasteiger partial charge in [0.15, 0.2) is 0 Å². The smallest absolute Gasteiger partial charge is 0.224 e. The summed E-state index contributed by atoms with van der Waals surface area (Å²) in [6.07, 6.45) is 1.27. The second-order valence-electron chi connectivity index (χ2n) is 3.98. The number of benzene rings is 1. The molecule has 5 heteroatoms. The third-order valence-corrected chi connectivity index (χ3v) is 3.27. The second kappa shape index (κ2) is 6.24. The zero-order valence-electron chi connectivity index (χ0n) is 9.49. The van der Waals surface area contributed by atoms with Crippen LogP contribution in [0.2, 0.25) is 5.02 Å². The zero-order valence-corrected chi connectivity index (χ0v) is 11.1. The van der Waals surface area contributed by atoms with Crippen LogP contribution in [-0.2, 0) is 17.8 Å². The van der Waals surface area contributed by atoms with Crippen LogP contribution in [0.3, 0.4) is 0 Å². The summed E-state index contributed by atoms with van der Waals surface area (Å²) in [5.41, 5.74) is 7.72. The Balaban J connectivity index is 0.00000144. The Morgan fingerprint density at radius 2 is 2.24 bits per heavy atom. The molecule has 0 radical (unpaired) electrons. The van der Waals surface area contributed by atoms with E-state index in [9.17, 15) is 4.79 Å². The molecule has 0 spiro atoms. The summed E-state index contributed by atoms with van der Waals surface area (Å²) in [4.78, 5) is 13.6. The lowest BCUT2D eigenvalue weighted by Gasteiger charge is -2.29. The Kier molecular flexibility index (Phi) is 5.25. The average Bonchev–Trinajstić information content (AvgIpc) is 2.29. The first-order valence-corrected chi connectivity index (χ1v) is 5.84. The molecule has 1 heterocycles. The maximum absolute atomic E-state index is 11.7. The van der Waals surface area contributed by atoms with Crippen molar-refractivity contribution in [1.82, 2.24) is 4.90 Å². The van der Waals surface area contributed by atoms with Gasteiger partial charge < -0.3 is 10.6 Å². The standard InChI is InChI=1S/C12H15ClN2O.ClH/c13-11-3-1-2-9-8-15(7-5-10(9)11)12(16)4-6-14;/h1-3H,4-8,14H2;1H. The minimum absolute atomic E-state index is 0. The molecule has 17 heavy (non-hydrogen) atoms. The molecule has 0 bridgehead atoms. The molecule has 2 rings (SSSR count). The van der Waals surface area contributed by atoms with Crippen LogP contribution in [-0.4, -0.2) is 23.9 Å². The Morgan fingerprint density at radius 3 is 2.94 bits per heavy atom. The van der Waals surface area contributed by atoms with Crippen LogP contribution in [0.4, 0.5) is 0 Å². The fourth-order valence-electron chi connectivity index (χ4n) is 2.06. The van der Waals surface area contributed by atoms with Gasteiger partial charge in [-0.25, -0.2) is 0 Å². The van der Waals surface area contributed by atoms with Gasteiger partial charge in [-0.1, -0.05) is 23.7 Å². The predicted octanol–water partition coefficient (Wildman–Crippen LogP) is 2.00. The van der Waals surface area contributed by atoms with E-state index in [-0.39, 0.29) is 18.3 Å². The third-order valence-electron chi connectivity index (χ3n) is 2.92. The highest BCUT2D eigenvalue weighted by Gasteiger charge is 2.21. The highest BCUT2D eigenvalue weighted by molar-refractivity contribution is 6.31. The van der Waals surface area contributed by atoms with Crippen molar-refractivity contribution in [3.05, 3.63) is 34.3 Å². The molecule has 0 saturated carbocycles. The maximum Gasteiger partial charge on any atom is 0.224 e. The van der Waals surface area contributed by atoms with E-state index in [1.807, 2.05) is 23.1 Å². The monoisotopic (exact) mass is 274 g/mol. The van der Waals surface area contributed by atoms with Crippen LogP contribution in [0, 0.1) is 0 Å². The summed E-state index contributed by atoms with van der Waals surface area (Å²) in [5.74, 6) is 0.133. The molecule has 1 aliphatic rings. The molecule has 1 aromatic carbocycles. The van der Waals surface area contributed by atoms with Crippen molar-refractivity contribution in [2.45, 2.75) is 19.4 Å². The quantitative estimate of drug-likeness (QED) is 0.897. The van der Waals surface area contributed by atoms with Gasteiger partial charge in [0.25, 0.3) is 0 Å². The minimum atomic E-state index is 0. The van der Waals surface area contributed by atoms with Gasteiger partial charge in [-0.2, -0.15) is 0 Å². The van der Waals surface area contributed by atoms with Gasteiger partial charge in [-0.3, -0.25) is 4.79 Å². The van der Waals surface area contributed by atoms with E-state index in [0.29, 0.717) is 19.5 Å². The number of amides is 1. The van der Waals surface area contributed by atoms with Crippen molar-refractivity contribution in [3.8, 4) is 0 Å². The first-order chi connectivity index (χ1) is 7.72. The molecule has 2 N–H and O–H groups in total. The van der Waals surface area contributed by atoms with Crippen LogP contribution in [0.15, 0.2) is 18.2 Å². The molecule has 94 valence electrons. The molecule has 1 aromatic rings. The zero-order chi connectivity index (χ0) is 11.5. The Morgan fingerprint density at radius 1 is 1.47 bits per heavy atom. The number of hydrogen-bond donors (Lipinski definition) is 1. The summed E-state index contributed by atoms with van der Waals surface area (Å²) in [6.45, 7) is 1.82. The van der Waals surface area contributed by atoms with Crippen LogP contribution in [0.1, 0.15) is 17.5 Å². The SMILES string of the molecule is Cl.NCCC(=O)N1CCc2c(Cl)cccc2C1. The highest BCUT2D eigenvalue weighted by Crippen LogP contribution is 2.25. The van der Waals surface area contributed by atoms with Crippen molar-refractivity contribution in [2.24, 2.45) is 5.73 Å². The van der Waals surface area contributed by atoms with Gasteiger partial charge in [0.2, 0.25) is 5.91 Å². The van der Waals surface area contributed by atoms with Crippen LogP contribution < -0.4 is 5.73 Å². The van der Waals surface area contributed by atoms with Gasteiger partial charge >= 0.3 is 0 Å². The van der Waals surface area contributed by atoms with Gasteiger partial charge in [0, 0.05) is 31.1 Å². The van der Waals surface area contributed by atoms with E-state index in [4.69, 9.17) is 17.3 Å². The van der Waals surface area contributed by atoms with Crippen molar-refractivity contribution in [2.75, 3.05) is 13.1 Å². The van der Waals surface area contributed by atoms with E-state index in [0.717, 1.165) is 23.6 Å². The van der Waals surface area contributed by atoms with Gasteiger partial charge in [0.05, 0.1) is 0 Å². The maximum atomic E-state index is 11.7. The number of nitrogens with two attached hydrogens (primary N) is 1. The van der Waals surface area contributed by atoms with Crippen LogP contribution >= 0.6 is 24.0 Å². The molecular formula is C12H16Cl2N2O. The van der Waals surface area contributed by atoms with E-state index < -0.39 is 0 Å². The number of nitrogens with zero attached hydrogens (tertiary/aromatic N) is 1. The lowest BCUT2D eigenvalue weighted by atomic mass is 9.99. The molecule has 1 aliphatic heterocycles. The minimum Gasteiger partial charge on any atom is -0.338 e. The molecule has 0 fully saturated rings. The van der Waals surface area contributed by atoms with E-state index in [2.05, 4.69) is 0 Å². The number of fused-ring (bicyclic) bond motifs is 1. The number of carbonyl (C=O) groups is 1. The van der Waals surface area contributed by atoms with Crippen molar-refractivity contribution < 1.29 is 4.79 Å².